The zero-order valence-electron chi connectivity index (χ0n) is 14.4. The Morgan fingerprint density at radius 2 is 1.86 bits per heavy atom. The number of benzene rings is 1. The Morgan fingerprint density at radius 3 is 2.55 bits per heavy atom. The van der Waals surface area contributed by atoms with Gasteiger partial charge < -0.3 is 9.80 Å². The topological polar surface area (TPSA) is 6.48 Å². The fraction of sp³-hybridized carbons (Fsp3) is 0.500. The summed E-state index contributed by atoms with van der Waals surface area (Å²) in [5.74, 6) is 0. The van der Waals surface area contributed by atoms with Gasteiger partial charge >= 0.3 is 0 Å². The molecule has 0 aromatic heterocycles. The fourth-order valence-electron chi connectivity index (χ4n) is 5.12. The molecule has 0 N–H and O–H groups in total. The van der Waals surface area contributed by atoms with Crippen LogP contribution in [0.25, 0.3) is 6.08 Å². The Balaban J connectivity index is 2.09. The van der Waals surface area contributed by atoms with Gasteiger partial charge in [0, 0.05) is 24.1 Å². The molecule has 1 aromatic carbocycles. The third-order valence-electron chi connectivity index (χ3n) is 6.85. The van der Waals surface area contributed by atoms with E-state index in [1.165, 1.54) is 35.4 Å². The monoisotopic (exact) mass is 294 g/mol. The van der Waals surface area contributed by atoms with Gasteiger partial charge in [-0.3, -0.25) is 0 Å². The first-order valence-corrected chi connectivity index (χ1v) is 8.52. The summed E-state index contributed by atoms with van der Waals surface area (Å²) < 4.78 is 0. The molecule has 0 saturated carbocycles. The molecule has 0 aliphatic carbocycles. The zero-order chi connectivity index (χ0) is 15.7. The first-order valence-electron chi connectivity index (χ1n) is 8.52. The lowest BCUT2D eigenvalue weighted by molar-refractivity contribution is 0.0390. The molecule has 3 heterocycles. The van der Waals surface area contributed by atoms with Crippen LogP contribution in [0.2, 0.25) is 0 Å². The Labute approximate surface area is 134 Å². The van der Waals surface area contributed by atoms with E-state index in [0.29, 0.717) is 6.17 Å². The minimum Gasteiger partial charge on any atom is -0.358 e. The van der Waals surface area contributed by atoms with Crippen LogP contribution in [0.5, 0.6) is 0 Å². The van der Waals surface area contributed by atoms with Crippen molar-refractivity contribution in [3.63, 3.8) is 0 Å². The molecule has 116 valence electrons. The fourth-order valence-corrected chi connectivity index (χ4v) is 5.12. The van der Waals surface area contributed by atoms with E-state index < -0.39 is 0 Å². The van der Waals surface area contributed by atoms with E-state index in [9.17, 15) is 0 Å². The van der Waals surface area contributed by atoms with Crippen LogP contribution >= 0.6 is 0 Å². The van der Waals surface area contributed by atoms with Gasteiger partial charge in [0.25, 0.3) is 0 Å². The van der Waals surface area contributed by atoms with Gasteiger partial charge in [0.15, 0.2) is 0 Å². The maximum absolute atomic E-state index is 2.59. The number of rotatable bonds is 2. The molecule has 4 rings (SSSR count). The van der Waals surface area contributed by atoms with E-state index in [1.807, 2.05) is 0 Å². The van der Waals surface area contributed by atoms with Gasteiger partial charge in [-0.2, -0.15) is 0 Å². The standard InChI is InChI=1S/C20H26N2/c1-6-19(3)16-10-8-9-14-11-12-15-13-21(5)18(20(19,4)7-2)22(15)17(14)16/h8-13,18H,6-7H2,1-5H3. The molecule has 0 spiro atoms. The Morgan fingerprint density at radius 1 is 1.09 bits per heavy atom. The molecular formula is C20H26N2. The second-order valence-electron chi connectivity index (χ2n) is 7.50. The van der Waals surface area contributed by atoms with E-state index in [0.717, 1.165) is 0 Å². The maximum atomic E-state index is 2.59. The molecule has 3 aliphatic rings. The van der Waals surface area contributed by atoms with E-state index in [4.69, 9.17) is 0 Å². The first kappa shape index (κ1) is 13.9. The highest BCUT2D eigenvalue weighted by molar-refractivity contribution is 5.82. The van der Waals surface area contributed by atoms with Crippen molar-refractivity contribution in [2.45, 2.75) is 52.1 Å². The highest BCUT2D eigenvalue weighted by Gasteiger charge is 2.58. The molecule has 3 aliphatic heterocycles. The molecule has 1 aromatic rings. The lowest BCUT2D eigenvalue weighted by atomic mass is 9.54. The number of anilines is 1. The van der Waals surface area contributed by atoms with Crippen molar-refractivity contribution in [2.24, 2.45) is 5.41 Å². The van der Waals surface area contributed by atoms with E-state index in [1.54, 1.807) is 0 Å². The van der Waals surface area contributed by atoms with Gasteiger partial charge in [-0.25, -0.2) is 0 Å². The van der Waals surface area contributed by atoms with Crippen LogP contribution in [0.4, 0.5) is 5.69 Å². The van der Waals surface area contributed by atoms with Crippen LogP contribution in [-0.2, 0) is 5.41 Å². The summed E-state index contributed by atoms with van der Waals surface area (Å²) >= 11 is 0. The van der Waals surface area contributed by atoms with Crippen molar-refractivity contribution < 1.29 is 0 Å². The number of nitrogens with zero attached hydrogens (tertiary/aromatic N) is 2. The SMILES string of the molecule is CCC1(C)c2cccc3c2N2C(=CN(C)C2C1(C)CC)C=C3. The van der Waals surface area contributed by atoms with Crippen LogP contribution in [0.15, 0.2) is 36.2 Å². The molecule has 3 atom stereocenters. The molecule has 3 unspecified atom stereocenters. The first-order chi connectivity index (χ1) is 10.5. The minimum absolute atomic E-state index is 0.191. The average molecular weight is 294 g/mol. The van der Waals surface area contributed by atoms with E-state index >= 15 is 0 Å². The summed E-state index contributed by atoms with van der Waals surface area (Å²) in [6.45, 7) is 9.68. The molecular weight excluding hydrogens is 268 g/mol. The highest BCUT2D eigenvalue weighted by atomic mass is 15.4. The van der Waals surface area contributed by atoms with Gasteiger partial charge in [0.1, 0.15) is 6.17 Å². The summed E-state index contributed by atoms with van der Waals surface area (Å²) in [6.07, 6.45) is 9.63. The molecule has 0 fully saturated rings. The zero-order valence-corrected chi connectivity index (χ0v) is 14.4. The Kier molecular flexibility index (Phi) is 2.65. The smallest absolute Gasteiger partial charge is 0.112 e. The van der Waals surface area contributed by atoms with Crippen LogP contribution in [0.3, 0.4) is 0 Å². The predicted octanol–water partition coefficient (Wildman–Crippen LogP) is 4.73. The van der Waals surface area contributed by atoms with E-state index in [2.05, 4.69) is 81.1 Å². The van der Waals surface area contributed by atoms with Crippen molar-refractivity contribution in [2.75, 3.05) is 11.9 Å². The number of para-hydroxylation sites is 1. The molecule has 0 radical (unpaired) electrons. The molecule has 2 nitrogen and oxygen atoms in total. The predicted molar refractivity (Wildman–Crippen MR) is 93.6 cm³/mol. The average Bonchev–Trinajstić information content (AvgIpc) is 2.88. The van der Waals surface area contributed by atoms with Gasteiger partial charge in [0.05, 0.1) is 11.4 Å². The third-order valence-corrected chi connectivity index (χ3v) is 6.85. The van der Waals surface area contributed by atoms with Crippen molar-refractivity contribution in [3.8, 4) is 0 Å². The van der Waals surface area contributed by atoms with Gasteiger partial charge in [-0.15, -0.1) is 0 Å². The van der Waals surface area contributed by atoms with Crippen molar-refractivity contribution in [3.05, 3.63) is 47.3 Å². The highest BCUT2D eigenvalue weighted by Crippen LogP contribution is 2.61. The normalized spacial score (nSPS) is 34.8. The summed E-state index contributed by atoms with van der Waals surface area (Å²) in [5, 5.41) is 0. The largest absolute Gasteiger partial charge is 0.358 e. The minimum atomic E-state index is 0.191. The van der Waals surface area contributed by atoms with Crippen molar-refractivity contribution in [1.29, 1.82) is 0 Å². The molecule has 0 saturated heterocycles. The summed E-state index contributed by atoms with van der Waals surface area (Å²) in [6, 6.07) is 6.85. The van der Waals surface area contributed by atoms with Crippen LogP contribution in [0.1, 0.15) is 51.7 Å². The number of hydrogen-bond acceptors (Lipinski definition) is 2. The summed E-state index contributed by atoms with van der Waals surface area (Å²) in [7, 11) is 2.24. The van der Waals surface area contributed by atoms with Crippen molar-refractivity contribution in [1.82, 2.24) is 4.90 Å². The second-order valence-corrected chi connectivity index (χ2v) is 7.50. The lowest BCUT2D eigenvalue weighted by Gasteiger charge is -2.59. The van der Waals surface area contributed by atoms with Crippen LogP contribution < -0.4 is 4.90 Å². The quantitative estimate of drug-likeness (QED) is 0.778. The van der Waals surface area contributed by atoms with Crippen molar-refractivity contribution >= 4 is 11.8 Å². The second kappa shape index (κ2) is 4.18. The number of hydrogen-bond donors (Lipinski definition) is 0. The Bertz CT molecular complexity index is 702. The molecule has 2 heteroatoms. The van der Waals surface area contributed by atoms with Gasteiger partial charge in [-0.1, -0.05) is 52.0 Å². The van der Waals surface area contributed by atoms with Crippen LogP contribution in [-0.4, -0.2) is 18.1 Å². The molecule has 0 bridgehead atoms. The van der Waals surface area contributed by atoms with Gasteiger partial charge in [-0.05, 0) is 30.0 Å². The lowest BCUT2D eigenvalue weighted by Crippen LogP contribution is -2.62. The summed E-state index contributed by atoms with van der Waals surface area (Å²) in [5.41, 5.74) is 6.08. The maximum Gasteiger partial charge on any atom is 0.112 e. The third kappa shape index (κ3) is 1.32. The van der Waals surface area contributed by atoms with E-state index in [-0.39, 0.29) is 10.8 Å². The van der Waals surface area contributed by atoms with Gasteiger partial charge in [0.2, 0.25) is 0 Å². The number of allylic oxidation sites excluding steroid dienone is 1. The summed E-state index contributed by atoms with van der Waals surface area (Å²) in [4.78, 5) is 5.02. The Hall–Kier alpha value is -1.70. The van der Waals surface area contributed by atoms with Crippen LogP contribution in [0, 0.1) is 5.41 Å². The molecule has 22 heavy (non-hydrogen) atoms. The molecule has 0 amide bonds.